The number of hydrogen-bond acceptors (Lipinski definition) is 4. The van der Waals surface area contributed by atoms with Crippen LogP contribution in [0, 0.1) is 0 Å². The Labute approximate surface area is 81.8 Å². The second-order valence-corrected chi connectivity index (χ2v) is 5.93. The normalized spacial score (nSPS) is 10.9. The van der Waals surface area contributed by atoms with E-state index in [2.05, 4.69) is 45.4 Å². The van der Waals surface area contributed by atoms with Crippen LogP contribution < -0.4 is 0 Å². The molecule has 0 heterocycles. The molecule has 0 amide bonds. The SMILES string of the molecule is COP(=O)(OC)OC=C(Br)Br. The Morgan fingerprint density at radius 2 is 1.82 bits per heavy atom. The van der Waals surface area contributed by atoms with E-state index in [4.69, 9.17) is 0 Å². The summed E-state index contributed by atoms with van der Waals surface area (Å²) in [7, 11) is -0.899. The van der Waals surface area contributed by atoms with Gasteiger partial charge in [-0.2, -0.15) is 0 Å². The van der Waals surface area contributed by atoms with E-state index in [0.717, 1.165) is 0 Å². The lowest BCUT2D eigenvalue weighted by molar-refractivity contribution is 0.194. The summed E-state index contributed by atoms with van der Waals surface area (Å²) in [5.41, 5.74) is 0. The number of phosphoric acid groups is 1. The van der Waals surface area contributed by atoms with Crippen LogP contribution in [0.5, 0.6) is 0 Å². The summed E-state index contributed by atoms with van der Waals surface area (Å²) in [5.74, 6) is 0. The quantitative estimate of drug-likeness (QED) is 0.591. The van der Waals surface area contributed by atoms with E-state index in [1.807, 2.05) is 0 Å². The minimum Gasteiger partial charge on any atom is -0.410 e. The molecule has 0 spiro atoms. The molecule has 0 N–H and O–H groups in total. The Hall–Kier alpha value is 0.650. The highest BCUT2D eigenvalue weighted by molar-refractivity contribution is 9.28. The first kappa shape index (κ1) is 11.6. The van der Waals surface area contributed by atoms with Gasteiger partial charge in [-0.05, 0) is 31.9 Å². The summed E-state index contributed by atoms with van der Waals surface area (Å²) in [4.78, 5) is 0. The molecule has 0 fully saturated rings. The van der Waals surface area contributed by atoms with Crippen molar-refractivity contribution in [2.75, 3.05) is 14.2 Å². The van der Waals surface area contributed by atoms with Crippen molar-refractivity contribution in [1.82, 2.24) is 0 Å². The Morgan fingerprint density at radius 3 is 2.09 bits per heavy atom. The first-order valence-corrected chi connectivity index (χ1v) is 5.50. The smallest absolute Gasteiger partial charge is 0.410 e. The number of halogens is 2. The van der Waals surface area contributed by atoms with Crippen molar-refractivity contribution in [3.05, 3.63) is 9.65 Å². The maximum Gasteiger partial charge on any atom is 0.528 e. The zero-order valence-corrected chi connectivity index (χ0v) is 9.98. The van der Waals surface area contributed by atoms with Gasteiger partial charge in [-0.15, -0.1) is 0 Å². The van der Waals surface area contributed by atoms with Crippen molar-refractivity contribution >= 4 is 39.7 Å². The molecule has 4 nitrogen and oxygen atoms in total. The molecule has 11 heavy (non-hydrogen) atoms. The standard InChI is InChI=1S/C4H7Br2O4P/c1-8-11(7,9-2)10-3-4(5)6/h3H,1-2H3. The van der Waals surface area contributed by atoms with Gasteiger partial charge in [0.2, 0.25) is 0 Å². The van der Waals surface area contributed by atoms with Crippen LogP contribution in [0.2, 0.25) is 0 Å². The van der Waals surface area contributed by atoms with Crippen LogP contribution in [0.1, 0.15) is 0 Å². The largest absolute Gasteiger partial charge is 0.528 e. The second-order valence-electron chi connectivity index (χ2n) is 1.33. The molecule has 0 aromatic carbocycles. The van der Waals surface area contributed by atoms with E-state index < -0.39 is 7.82 Å². The van der Waals surface area contributed by atoms with E-state index in [9.17, 15) is 4.57 Å². The molecule has 0 aromatic rings. The summed E-state index contributed by atoms with van der Waals surface area (Å²) in [6.45, 7) is 0. The maximum atomic E-state index is 11.1. The van der Waals surface area contributed by atoms with Crippen molar-refractivity contribution in [2.45, 2.75) is 0 Å². The lowest BCUT2D eigenvalue weighted by atomic mass is 11.2. The van der Waals surface area contributed by atoms with Gasteiger partial charge in [0.15, 0.2) is 0 Å². The molecule has 7 heteroatoms. The van der Waals surface area contributed by atoms with E-state index in [0.29, 0.717) is 3.39 Å². The third kappa shape index (κ3) is 4.98. The molecule has 66 valence electrons. The molecular weight excluding hydrogens is 303 g/mol. The molecule has 0 saturated carbocycles. The summed E-state index contributed by atoms with van der Waals surface area (Å²) in [5, 5.41) is 0. The molecule has 0 aliphatic carbocycles. The first-order valence-electron chi connectivity index (χ1n) is 2.45. The zero-order chi connectivity index (χ0) is 8.91. The van der Waals surface area contributed by atoms with Crippen LogP contribution in [-0.2, 0) is 18.1 Å². The maximum absolute atomic E-state index is 11.1. The van der Waals surface area contributed by atoms with E-state index >= 15 is 0 Å². The van der Waals surface area contributed by atoms with Crippen molar-refractivity contribution in [2.24, 2.45) is 0 Å². The number of phosphoric ester groups is 1. The van der Waals surface area contributed by atoms with Crippen LogP contribution in [0.25, 0.3) is 0 Å². The van der Waals surface area contributed by atoms with Gasteiger partial charge < -0.3 is 4.52 Å². The van der Waals surface area contributed by atoms with Gasteiger partial charge in [0.1, 0.15) is 6.26 Å². The van der Waals surface area contributed by atoms with Gasteiger partial charge in [0, 0.05) is 14.2 Å². The predicted molar refractivity (Wildman–Crippen MR) is 48.6 cm³/mol. The average molecular weight is 310 g/mol. The minimum atomic E-state index is -3.37. The molecule has 0 saturated heterocycles. The predicted octanol–water partition coefficient (Wildman–Crippen LogP) is 2.99. The van der Waals surface area contributed by atoms with Gasteiger partial charge in [0.05, 0.1) is 3.39 Å². The van der Waals surface area contributed by atoms with E-state index in [1.54, 1.807) is 0 Å². The van der Waals surface area contributed by atoms with Crippen LogP contribution in [-0.4, -0.2) is 14.2 Å². The molecule has 0 aliphatic heterocycles. The fourth-order valence-electron chi connectivity index (χ4n) is 0.265. The summed E-state index contributed by atoms with van der Waals surface area (Å²) < 4.78 is 25.2. The number of hydrogen-bond donors (Lipinski definition) is 0. The number of rotatable bonds is 4. The minimum absolute atomic E-state index is 0.513. The molecule has 0 aliphatic rings. The first-order chi connectivity index (χ1) is 5.04. The monoisotopic (exact) mass is 308 g/mol. The highest BCUT2D eigenvalue weighted by Crippen LogP contribution is 2.48. The lowest BCUT2D eigenvalue weighted by Gasteiger charge is -2.10. The zero-order valence-electron chi connectivity index (χ0n) is 5.91. The summed E-state index contributed by atoms with van der Waals surface area (Å²) in [6.07, 6.45) is 1.17. The van der Waals surface area contributed by atoms with Crippen LogP contribution in [0.15, 0.2) is 9.65 Å². The highest BCUT2D eigenvalue weighted by atomic mass is 79.9. The topological polar surface area (TPSA) is 44.8 Å². The lowest BCUT2D eigenvalue weighted by Crippen LogP contribution is -1.88. The van der Waals surface area contributed by atoms with Crippen LogP contribution >= 0.6 is 39.7 Å². The third-order valence-corrected chi connectivity index (χ3v) is 2.35. The van der Waals surface area contributed by atoms with Gasteiger partial charge >= 0.3 is 7.82 Å². The molecule has 0 rings (SSSR count). The molecule has 0 atom stereocenters. The Kier molecular flexibility index (Phi) is 5.64. The molecule has 0 bridgehead atoms. The second kappa shape index (κ2) is 5.32. The van der Waals surface area contributed by atoms with E-state index in [1.165, 1.54) is 20.5 Å². The molecule has 0 radical (unpaired) electrons. The fourth-order valence-corrected chi connectivity index (χ4v) is 1.30. The Bertz CT molecular complexity index is 181. The van der Waals surface area contributed by atoms with Crippen molar-refractivity contribution in [3.63, 3.8) is 0 Å². The van der Waals surface area contributed by atoms with Gasteiger partial charge in [-0.1, -0.05) is 0 Å². The summed E-state index contributed by atoms with van der Waals surface area (Å²) >= 11 is 6.01. The average Bonchev–Trinajstić information content (AvgIpc) is 2.00. The molecular formula is C4H7Br2O4P. The van der Waals surface area contributed by atoms with Crippen molar-refractivity contribution in [3.8, 4) is 0 Å². The van der Waals surface area contributed by atoms with Gasteiger partial charge in [-0.25, -0.2) is 4.57 Å². The van der Waals surface area contributed by atoms with Crippen LogP contribution in [0.4, 0.5) is 0 Å². The van der Waals surface area contributed by atoms with Crippen molar-refractivity contribution in [1.29, 1.82) is 0 Å². The highest BCUT2D eigenvalue weighted by Gasteiger charge is 2.22. The van der Waals surface area contributed by atoms with Crippen LogP contribution in [0.3, 0.4) is 0 Å². The van der Waals surface area contributed by atoms with Crippen molar-refractivity contribution < 1.29 is 18.1 Å². The fraction of sp³-hybridized carbons (Fsp3) is 0.500. The van der Waals surface area contributed by atoms with Gasteiger partial charge in [0.25, 0.3) is 0 Å². The Balaban J connectivity index is 4.10. The van der Waals surface area contributed by atoms with Gasteiger partial charge in [-0.3, -0.25) is 9.05 Å². The third-order valence-electron chi connectivity index (χ3n) is 0.718. The summed E-state index contributed by atoms with van der Waals surface area (Å²) in [6, 6.07) is 0. The Morgan fingerprint density at radius 1 is 1.36 bits per heavy atom. The van der Waals surface area contributed by atoms with E-state index in [-0.39, 0.29) is 0 Å². The molecule has 0 aromatic heterocycles. The molecule has 0 unspecified atom stereocenters.